The predicted octanol–water partition coefficient (Wildman–Crippen LogP) is 3.67. The van der Waals surface area contributed by atoms with Crippen molar-refractivity contribution in [2.45, 2.75) is 18.8 Å². The van der Waals surface area contributed by atoms with Gasteiger partial charge in [-0.1, -0.05) is 12.1 Å². The number of aromatic nitrogens is 5. The maximum absolute atomic E-state index is 14.5. The number of piperidine rings is 1. The highest BCUT2D eigenvalue weighted by Crippen LogP contribution is 2.32. The van der Waals surface area contributed by atoms with Crippen molar-refractivity contribution in [1.29, 1.82) is 0 Å². The molecule has 5 rings (SSSR count). The number of halogens is 1. The van der Waals surface area contributed by atoms with Crippen LogP contribution in [0.5, 0.6) is 0 Å². The molecule has 1 fully saturated rings. The largest absolute Gasteiger partial charge is 0.465 e. The average molecular weight is 408 g/mol. The van der Waals surface area contributed by atoms with Crippen LogP contribution in [0.3, 0.4) is 0 Å². The third-order valence-electron chi connectivity index (χ3n) is 5.41. The zero-order chi connectivity index (χ0) is 20.7. The van der Waals surface area contributed by atoms with E-state index >= 15 is 0 Å². The normalized spacial score (nSPS) is 15.0. The molecule has 30 heavy (non-hydrogen) atoms. The van der Waals surface area contributed by atoms with E-state index in [1.165, 1.54) is 11.0 Å². The number of carbonyl (C=O) groups is 1. The first-order valence-electron chi connectivity index (χ1n) is 9.50. The number of likely N-dealkylation sites (tertiary alicyclic amines) is 1. The Kier molecular flexibility index (Phi) is 4.38. The van der Waals surface area contributed by atoms with Gasteiger partial charge in [0.1, 0.15) is 11.3 Å². The van der Waals surface area contributed by atoms with Crippen LogP contribution in [0.15, 0.2) is 40.8 Å². The van der Waals surface area contributed by atoms with Crippen LogP contribution in [0.1, 0.15) is 24.7 Å². The van der Waals surface area contributed by atoms with Gasteiger partial charge in [0.2, 0.25) is 5.82 Å². The Balaban J connectivity index is 1.41. The van der Waals surface area contributed by atoms with Crippen LogP contribution in [-0.2, 0) is 0 Å². The number of nitrogens with one attached hydrogen (secondary N) is 1. The molecule has 0 radical (unpaired) electrons. The van der Waals surface area contributed by atoms with E-state index < -0.39 is 11.9 Å². The molecule has 2 aromatic heterocycles. The van der Waals surface area contributed by atoms with Crippen molar-refractivity contribution in [2.24, 2.45) is 0 Å². The summed E-state index contributed by atoms with van der Waals surface area (Å²) in [4.78, 5) is 17.1. The van der Waals surface area contributed by atoms with Gasteiger partial charge in [-0.25, -0.2) is 14.2 Å². The molecule has 4 aromatic rings. The van der Waals surface area contributed by atoms with Crippen molar-refractivity contribution >= 4 is 17.2 Å². The lowest BCUT2D eigenvalue weighted by Crippen LogP contribution is -2.36. The number of tetrazole rings is 1. The van der Waals surface area contributed by atoms with Crippen LogP contribution in [0.25, 0.3) is 33.6 Å². The van der Waals surface area contributed by atoms with E-state index in [1.54, 1.807) is 12.1 Å². The van der Waals surface area contributed by atoms with Crippen molar-refractivity contribution in [3.63, 3.8) is 0 Å². The number of amides is 1. The molecule has 0 spiro atoms. The molecule has 2 N–H and O–H groups in total. The van der Waals surface area contributed by atoms with Crippen molar-refractivity contribution in [2.75, 3.05) is 13.1 Å². The van der Waals surface area contributed by atoms with Crippen molar-refractivity contribution in [1.82, 2.24) is 30.5 Å². The molecule has 10 heteroatoms. The summed E-state index contributed by atoms with van der Waals surface area (Å²) in [6.45, 7) is 0.936. The first-order chi connectivity index (χ1) is 14.6. The van der Waals surface area contributed by atoms with E-state index in [-0.39, 0.29) is 17.3 Å². The molecule has 1 amide bonds. The zero-order valence-corrected chi connectivity index (χ0v) is 15.7. The molecule has 1 aliphatic rings. The molecular weight excluding hydrogens is 391 g/mol. The van der Waals surface area contributed by atoms with Gasteiger partial charge in [-0.15, -0.1) is 10.2 Å². The monoisotopic (exact) mass is 408 g/mol. The van der Waals surface area contributed by atoms with Crippen LogP contribution >= 0.6 is 0 Å². The number of nitrogens with zero attached hydrogens (tertiary/aromatic N) is 5. The maximum Gasteiger partial charge on any atom is 0.407 e. The Morgan fingerprint density at radius 2 is 1.93 bits per heavy atom. The van der Waals surface area contributed by atoms with E-state index in [0.717, 1.165) is 5.56 Å². The summed E-state index contributed by atoms with van der Waals surface area (Å²) < 4.78 is 20.5. The van der Waals surface area contributed by atoms with E-state index in [9.17, 15) is 9.18 Å². The molecule has 1 saturated heterocycles. The third kappa shape index (κ3) is 3.25. The Hall–Kier alpha value is -3.82. The molecule has 2 aromatic carbocycles. The lowest BCUT2D eigenvalue weighted by atomic mass is 9.97. The Morgan fingerprint density at radius 1 is 1.17 bits per heavy atom. The smallest absolute Gasteiger partial charge is 0.407 e. The molecule has 0 atom stereocenters. The van der Waals surface area contributed by atoms with Crippen LogP contribution in [0.4, 0.5) is 9.18 Å². The van der Waals surface area contributed by atoms with E-state index in [2.05, 4.69) is 25.6 Å². The van der Waals surface area contributed by atoms with Gasteiger partial charge >= 0.3 is 6.09 Å². The minimum atomic E-state index is -0.895. The van der Waals surface area contributed by atoms with E-state index in [1.807, 2.05) is 18.2 Å². The number of hydrogen-bond donors (Lipinski definition) is 2. The highest BCUT2D eigenvalue weighted by Gasteiger charge is 2.26. The van der Waals surface area contributed by atoms with Gasteiger partial charge in [0, 0.05) is 19.0 Å². The number of rotatable bonds is 3. The quantitative estimate of drug-likeness (QED) is 0.530. The predicted molar refractivity (Wildman–Crippen MR) is 104 cm³/mol. The Labute approximate surface area is 169 Å². The van der Waals surface area contributed by atoms with Crippen molar-refractivity contribution in [3.8, 4) is 22.5 Å². The highest BCUT2D eigenvalue weighted by atomic mass is 19.1. The number of carboxylic acid groups (broad SMARTS) is 1. The van der Waals surface area contributed by atoms with E-state index in [4.69, 9.17) is 9.52 Å². The third-order valence-corrected chi connectivity index (χ3v) is 5.41. The lowest BCUT2D eigenvalue weighted by Gasteiger charge is -2.28. The van der Waals surface area contributed by atoms with Crippen LogP contribution < -0.4 is 0 Å². The van der Waals surface area contributed by atoms with Gasteiger partial charge in [-0.3, -0.25) is 0 Å². The molecule has 0 saturated carbocycles. The summed E-state index contributed by atoms with van der Waals surface area (Å²) >= 11 is 0. The topological polar surface area (TPSA) is 121 Å². The molecule has 0 bridgehead atoms. The Bertz CT molecular complexity index is 1210. The average Bonchev–Trinajstić information content (AvgIpc) is 3.43. The minimum Gasteiger partial charge on any atom is -0.465 e. The molecular formula is C20H17FN6O3. The Morgan fingerprint density at radius 3 is 2.63 bits per heavy atom. The first kappa shape index (κ1) is 18.2. The fourth-order valence-electron chi connectivity index (χ4n) is 3.77. The number of hydrogen-bond acceptors (Lipinski definition) is 6. The fraction of sp³-hybridized carbons (Fsp3) is 0.250. The van der Waals surface area contributed by atoms with Crippen molar-refractivity contribution in [3.05, 3.63) is 48.1 Å². The zero-order valence-electron chi connectivity index (χ0n) is 15.7. The molecule has 0 aliphatic carbocycles. The summed E-state index contributed by atoms with van der Waals surface area (Å²) in [7, 11) is 0. The number of oxazole rings is 1. The summed E-state index contributed by atoms with van der Waals surface area (Å²) in [5.74, 6) is 0.457. The van der Waals surface area contributed by atoms with Gasteiger partial charge in [0.25, 0.3) is 0 Å². The maximum atomic E-state index is 14.5. The van der Waals surface area contributed by atoms with Gasteiger partial charge < -0.3 is 14.4 Å². The molecule has 1 aliphatic heterocycles. The van der Waals surface area contributed by atoms with Crippen LogP contribution in [0, 0.1) is 5.82 Å². The van der Waals surface area contributed by atoms with Crippen LogP contribution in [0.2, 0.25) is 0 Å². The number of benzene rings is 2. The summed E-state index contributed by atoms with van der Waals surface area (Å²) in [6.07, 6.45) is 0.456. The fourth-order valence-corrected chi connectivity index (χ4v) is 3.77. The SMILES string of the molecule is O=C(O)N1CCC(c2nc3cc(-c4ccc(-c5nn[nH]n5)c(F)c4)ccc3o2)CC1. The van der Waals surface area contributed by atoms with E-state index in [0.29, 0.717) is 48.5 Å². The molecule has 0 unspecified atom stereocenters. The first-order valence-corrected chi connectivity index (χ1v) is 9.50. The second-order valence-corrected chi connectivity index (χ2v) is 7.21. The minimum absolute atomic E-state index is 0.0862. The lowest BCUT2D eigenvalue weighted by molar-refractivity contribution is 0.129. The second-order valence-electron chi connectivity index (χ2n) is 7.21. The highest BCUT2D eigenvalue weighted by molar-refractivity contribution is 5.81. The number of fused-ring (bicyclic) bond motifs is 1. The standard InChI is InChI=1S/C20H17FN6O3/c21-15-9-12(1-3-14(15)18-23-25-26-24-18)13-2-4-17-16(10-13)22-19(30-17)11-5-7-27(8-6-11)20(28)29/h1-4,9-11H,5-8H2,(H,28,29)(H,23,24,25,26). The molecule has 152 valence electrons. The van der Waals surface area contributed by atoms with Crippen molar-refractivity contribution < 1.29 is 18.7 Å². The number of H-pyrrole nitrogens is 1. The van der Waals surface area contributed by atoms with Gasteiger partial charge in [0.15, 0.2) is 11.5 Å². The van der Waals surface area contributed by atoms with Gasteiger partial charge in [-0.05, 0) is 53.4 Å². The molecule has 3 heterocycles. The van der Waals surface area contributed by atoms with Crippen LogP contribution in [-0.4, -0.2) is 54.8 Å². The summed E-state index contributed by atoms with van der Waals surface area (Å²) in [5.41, 5.74) is 3.11. The second kappa shape index (κ2) is 7.21. The van der Waals surface area contributed by atoms with Gasteiger partial charge in [-0.2, -0.15) is 5.21 Å². The molecule has 9 nitrogen and oxygen atoms in total. The summed E-state index contributed by atoms with van der Waals surface area (Å²) in [5, 5.41) is 22.5. The summed E-state index contributed by atoms with van der Waals surface area (Å²) in [6, 6.07) is 10.4. The number of aromatic amines is 1. The van der Waals surface area contributed by atoms with Gasteiger partial charge in [0.05, 0.1) is 5.56 Å².